The van der Waals surface area contributed by atoms with E-state index in [-0.39, 0.29) is 5.54 Å². The summed E-state index contributed by atoms with van der Waals surface area (Å²) in [6, 6.07) is 7.85. The number of para-hydroxylation sites is 2. The molecule has 0 unspecified atom stereocenters. The first-order chi connectivity index (χ1) is 9.73. The van der Waals surface area contributed by atoms with Gasteiger partial charge >= 0.3 is 0 Å². The topological polar surface area (TPSA) is 44.5 Å². The van der Waals surface area contributed by atoms with Crippen molar-refractivity contribution in [1.82, 2.24) is 0 Å². The molecule has 0 radical (unpaired) electrons. The van der Waals surface area contributed by atoms with Crippen molar-refractivity contribution in [2.24, 2.45) is 5.73 Å². The Hall–Kier alpha value is -1.22. The Kier molecular flexibility index (Phi) is 5.72. The van der Waals surface area contributed by atoms with Crippen LogP contribution in [0.15, 0.2) is 24.3 Å². The Balaban J connectivity index is 1.85. The molecule has 0 saturated heterocycles. The van der Waals surface area contributed by atoms with Crippen LogP contribution in [0.5, 0.6) is 11.5 Å². The van der Waals surface area contributed by atoms with E-state index in [0.29, 0.717) is 13.2 Å². The molecule has 1 saturated carbocycles. The molecule has 0 bridgehead atoms. The molecule has 0 spiro atoms. The zero-order valence-electron chi connectivity index (χ0n) is 12.6. The fourth-order valence-electron chi connectivity index (χ4n) is 2.89. The van der Waals surface area contributed by atoms with Gasteiger partial charge in [0.2, 0.25) is 0 Å². The van der Waals surface area contributed by atoms with Crippen LogP contribution in [0.4, 0.5) is 0 Å². The molecular weight excluding hydrogens is 250 g/mol. The Morgan fingerprint density at radius 2 is 1.60 bits per heavy atom. The largest absolute Gasteiger partial charge is 0.490 e. The third kappa shape index (κ3) is 4.41. The molecule has 1 aromatic carbocycles. The zero-order chi connectivity index (χ0) is 14.3. The van der Waals surface area contributed by atoms with E-state index < -0.39 is 0 Å². The summed E-state index contributed by atoms with van der Waals surface area (Å²) in [7, 11) is 0. The summed E-state index contributed by atoms with van der Waals surface area (Å²) in [5.74, 6) is 1.65. The van der Waals surface area contributed by atoms with E-state index >= 15 is 0 Å². The van der Waals surface area contributed by atoms with Crippen LogP contribution in [0.3, 0.4) is 0 Å². The van der Waals surface area contributed by atoms with Gasteiger partial charge in [-0.25, -0.2) is 0 Å². The third-order valence-electron chi connectivity index (χ3n) is 4.11. The van der Waals surface area contributed by atoms with Gasteiger partial charge in [-0.05, 0) is 38.3 Å². The van der Waals surface area contributed by atoms with Crippen LogP contribution in [0.25, 0.3) is 0 Å². The lowest BCUT2D eigenvalue weighted by Gasteiger charge is -2.28. The highest BCUT2D eigenvalue weighted by molar-refractivity contribution is 5.39. The van der Waals surface area contributed by atoms with Crippen molar-refractivity contribution in [3.05, 3.63) is 24.3 Å². The number of hydrogen-bond donors (Lipinski definition) is 1. The van der Waals surface area contributed by atoms with E-state index in [1.165, 1.54) is 25.7 Å². The molecule has 20 heavy (non-hydrogen) atoms. The molecule has 0 atom stereocenters. The van der Waals surface area contributed by atoms with Crippen LogP contribution >= 0.6 is 0 Å². The molecular formula is C17H27NO2. The van der Waals surface area contributed by atoms with Gasteiger partial charge in [-0.15, -0.1) is 0 Å². The second-order valence-electron chi connectivity index (χ2n) is 5.75. The summed E-state index contributed by atoms with van der Waals surface area (Å²) < 4.78 is 11.5. The summed E-state index contributed by atoms with van der Waals surface area (Å²) in [5, 5.41) is 0. The number of nitrogens with two attached hydrogens (primary N) is 1. The van der Waals surface area contributed by atoms with Gasteiger partial charge in [0.15, 0.2) is 11.5 Å². The minimum atomic E-state index is -0.0307. The molecule has 1 fully saturated rings. The summed E-state index contributed by atoms with van der Waals surface area (Å²) in [5.41, 5.74) is 6.48. The maximum absolute atomic E-state index is 6.51. The lowest BCUT2D eigenvalue weighted by Crippen LogP contribution is -2.40. The van der Waals surface area contributed by atoms with Crippen molar-refractivity contribution in [3.8, 4) is 11.5 Å². The van der Waals surface area contributed by atoms with Crippen LogP contribution in [0, 0.1) is 0 Å². The Morgan fingerprint density at radius 3 is 2.20 bits per heavy atom. The highest BCUT2D eigenvalue weighted by Gasteiger charge is 2.26. The van der Waals surface area contributed by atoms with E-state index in [9.17, 15) is 0 Å². The molecule has 3 nitrogen and oxygen atoms in total. The first-order valence-corrected chi connectivity index (χ1v) is 7.87. The molecule has 0 heterocycles. The first-order valence-electron chi connectivity index (χ1n) is 7.87. The summed E-state index contributed by atoms with van der Waals surface area (Å²) in [6.07, 6.45) is 8.35. The minimum Gasteiger partial charge on any atom is -0.490 e. The Morgan fingerprint density at radius 1 is 1.00 bits per heavy atom. The van der Waals surface area contributed by atoms with Crippen molar-refractivity contribution in [3.63, 3.8) is 0 Å². The van der Waals surface area contributed by atoms with E-state index in [1.54, 1.807) is 0 Å². The number of hydrogen-bond acceptors (Lipinski definition) is 3. The molecule has 1 aliphatic carbocycles. The molecule has 1 aliphatic rings. The number of benzene rings is 1. The van der Waals surface area contributed by atoms with Crippen LogP contribution in [0.2, 0.25) is 0 Å². The van der Waals surface area contributed by atoms with Crippen LogP contribution in [0.1, 0.15) is 51.9 Å². The fourth-order valence-corrected chi connectivity index (χ4v) is 2.89. The number of rotatable bonds is 6. The average Bonchev–Trinajstić information content (AvgIpc) is 2.66. The van der Waals surface area contributed by atoms with Gasteiger partial charge < -0.3 is 15.2 Å². The molecule has 112 valence electrons. The summed E-state index contributed by atoms with van der Waals surface area (Å²) in [4.78, 5) is 0. The predicted molar refractivity (Wildman–Crippen MR) is 82.3 cm³/mol. The normalized spacial score (nSPS) is 18.3. The van der Waals surface area contributed by atoms with Gasteiger partial charge in [0, 0.05) is 5.54 Å². The second kappa shape index (κ2) is 7.53. The SMILES string of the molecule is CCOc1ccccc1OCCC1(N)CCCCCC1. The highest BCUT2D eigenvalue weighted by Crippen LogP contribution is 2.30. The van der Waals surface area contributed by atoms with Gasteiger partial charge in [-0.1, -0.05) is 37.8 Å². The molecule has 3 heteroatoms. The second-order valence-corrected chi connectivity index (χ2v) is 5.75. The molecule has 0 amide bonds. The minimum absolute atomic E-state index is 0.0307. The van der Waals surface area contributed by atoms with Crippen LogP contribution in [-0.4, -0.2) is 18.8 Å². The van der Waals surface area contributed by atoms with E-state index in [2.05, 4.69) is 0 Å². The van der Waals surface area contributed by atoms with Gasteiger partial charge in [-0.2, -0.15) is 0 Å². The molecule has 1 aromatic rings. The van der Waals surface area contributed by atoms with E-state index in [4.69, 9.17) is 15.2 Å². The van der Waals surface area contributed by atoms with Crippen molar-refractivity contribution >= 4 is 0 Å². The highest BCUT2D eigenvalue weighted by atomic mass is 16.5. The smallest absolute Gasteiger partial charge is 0.161 e. The monoisotopic (exact) mass is 277 g/mol. The van der Waals surface area contributed by atoms with Crippen molar-refractivity contribution < 1.29 is 9.47 Å². The van der Waals surface area contributed by atoms with Gasteiger partial charge in [0.1, 0.15) is 0 Å². The van der Waals surface area contributed by atoms with Crippen molar-refractivity contribution in [2.45, 2.75) is 57.4 Å². The quantitative estimate of drug-likeness (QED) is 0.802. The van der Waals surface area contributed by atoms with E-state index in [0.717, 1.165) is 30.8 Å². The standard InChI is InChI=1S/C17H27NO2/c1-2-19-15-9-5-6-10-16(15)20-14-13-17(18)11-7-3-4-8-12-17/h5-6,9-10H,2-4,7-8,11-14,18H2,1H3. The van der Waals surface area contributed by atoms with Gasteiger partial charge in [0.25, 0.3) is 0 Å². The lowest BCUT2D eigenvalue weighted by molar-refractivity contribution is 0.228. The summed E-state index contributed by atoms with van der Waals surface area (Å²) in [6.45, 7) is 3.30. The van der Waals surface area contributed by atoms with Crippen LogP contribution in [-0.2, 0) is 0 Å². The molecule has 2 N–H and O–H groups in total. The van der Waals surface area contributed by atoms with Crippen molar-refractivity contribution in [1.29, 1.82) is 0 Å². The summed E-state index contributed by atoms with van der Waals surface area (Å²) >= 11 is 0. The molecule has 0 aliphatic heterocycles. The third-order valence-corrected chi connectivity index (χ3v) is 4.11. The van der Waals surface area contributed by atoms with Crippen LogP contribution < -0.4 is 15.2 Å². The molecule has 0 aromatic heterocycles. The van der Waals surface area contributed by atoms with E-state index in [1.807, 2.05) is 31.2 Å². The maximum atomic E-state index is 6.51. The van der Waals surface area contributed by atoms with Crippen molar-refractivity contribution in [2.75, 3.05) is 13.2 Å². The zero-order valence-corrected chi connectivity index (χ0v) is 12.6. The Labute approximate surface area is 122 Å². The fraction of sp³-hybridized carbons (Fsp3) is 0.647. The van der Waals surface area contributed by atoms with Gasteiger partial charge in [0.05, 0.1) is 13.2 Å². The predicted octanol–water partition coefficient (Wildman–Crippen LogP) is 3.91. The first kappa shape index (κ1) is 15.2. The Bertz CT molecular complexity index is 398. The maximum Gasteiger partial charge on any atom is 0.161 e. The lowest BCUT2D eigenvalue weighted by atomic mass is 9.88. The molecule has 2 rings (SSSR count). The number of ether oxygens (including phenoxy) is 2. The van der Waals surface area contributed by atoms with Gasteiger partial charge in [-0.3, -0.25) is 0 Å². The average molecular weight is 277 g/mol.